The summed E-state index contributed by atoms with van der Waals surface area (Å²) in [6.45, 7) is 0. The van der Waals surface area contributed by atoms with Crippen LogP contribution < -0.4 is 5.73 Å². The summed E-state index contributed by atoms with van der Waals surface area (Å²) in [6, 6.07) is 17.5. The third kappa shape index (κ3) is 3.30. The van der Waals surface area contributed by atoms with E-state index in [2.05, 4.69) is 6.07 Å². The van der Waals surface area contributed by atoms with Crippen LogP contribution in [0, 0.1) is 11.3 Å². The number of ether oxygens (including phenoxy) is 1. The molecule has 0 saturated heterocycles. The number of hydrogen-bond acceptors (Lipinski definition) is 3. The lowest BCUT2D eigenvalue weighted by molar-refractivity contribution is 0.277. The second-order valence-corrected chi connectivity index (χ2v) is 7.66. The Bertz CT molecular complexity index is 1080. The first-order valence-electron chi connectivity index (χ1n) is 9.10. The molecule has 0 fully saturated rings. The maximum atomic E-state index is 9.75. The zero-order valence-electron chi connectivity index (χ0n) is 15.1. The van der Waals surface area contributed by atoms with Crippen molar-refractivity contribution in [2.75, 3.05) is 0 Å². The van der Waals surface area contributed by atoms with Crippen LogP contribution >= 0.6 is 23.2 Å². The molecule has 0 saturated carbocycles. The van der Waals surface area contributed by atoms with Crippen LogP contribution in [0.25, 0.3) is 6.08 Å². The Morgan fingerprint density at radius 3 is 2.46 bits per heavy atom. The summed E-state index contributed by atoms with van der Waals surface area (Å²) in [4.78, 5) is 0. The lowest BCUT2D eigenvalue weighted by Crippen LogP contribution is -2.24. The number of rotatable bonds is 2. The van der Waals surface area contributed by atoms with E-state index in [0.717, 1.165) is 47.3 Å². The van der Waals surface area contributed by atoms with E-state index < -0.39 is 0 Å². The summed E-state index contributed by atoms with van der Waals surface area (Å²) < 4.78 is 5.97. The maximum absolute atomic E-state index is 9.75. The fourth-order valence-corrected chi connectivity index (χ4v) is 4.32. The number of nitriles is 1. The monoisotopic (exact) mass is 408 g/mol. The molecule has 1 heterocycles. The van der Waals surface area contributed by atoms with Gasteiger partial charge in [0.15, 0.2) is 0 Å². The van der Waals surface area contributed by atoms with Gasteiger partial charge in [-0.15, -0.1) is 0 Å². The van der Waals surface area contributed by atoms with Crippen molar-refractivity contribution in [3.63, 3.8) is 0 Å². The van der Waals surface area contributed by atoms with Crippen molar-refractivity contribution >= 4 is 29.3 Å². The molecule has 28 heavy (non-hydrogen) atoms. The van der Waals surface area contributed by atoms with Gasteiger partial charge in [-0.05, 0) is 59.7 Å². The fourth-order valence-electron chi connectivity index (χ4n) is 3.88. The number of halogens is 2. The van der Waals surface area contributed by atoms with Gasteiger partial charge in [-0.3, -0.25) is 0 Å². The van der Waals surface area contributed by atoms with E-state index in [1.54, 1.807) is 0 Å². The number of allylic oxidation sites excluding steroid dienone is 3. The molecule has 140 valence electrons. The van der Waals surface area contributed by atoms with Gasteiger partial charge in [0.2, 0.25) is 5.88 Å². The van der Waals surface area contributed by atoms with Crippen LogP contribution in [0.3, 0.4) is 0 Å². The van der Waals surface area contributed by atoms with Crippen LogP contribution in [0.4, 0.5) is 0 Å². The first-order chi connectivity index (χ1) is 13.6. The fraction of sp³-hybridized carbons (Fsp3) is 0.174. The molecule has 0 radical (unpaired) electrons. The summed E-state index contributed by atoms with van der Waals surface area (Å²) in [5.41, 5.74) is 10.5. The molecule has 0 unspecified atom stereocenters. The van der Waals surface area contributed by atoms with Crippen LogP contribution in [-0.4, -0.2) is 0 Å². The minimum atomic E-state index is -0.294. The Hall–Kier alpha value is -2.67. The second-order valence-electron chi connectivity index (χ2n) is 6.85. The van der Waals surface area contributed by atoms with Crippen LogP contribution in [0.1, 0.15) is 36.3 Å². The summed E-state index contributed by atoms with van der Waals surface area (Å²) in [5.74, 6) is 0.586. The van der Waals surface area contributed by atoms with E-state index in [1.165, 1.54) is 0 Å². The zero-order chi connectivity index (χ0) is 19.7. The van der Waals surface area contributed by atoms with E-state index in [9.17, 15) is 5.26 Å². The molecule has 0 amide bonds. The number of nitrogens with zero attached hydrogens (tertiary/aromatic N) is 1. The van der Waals surface area contributed by atoms with Crippen molar-refractivity contribution in [3.8, 4) is 6.07 Å². The lowest BCUT2D eigenvalue weighted by Gasteiger charge is -2.33. The predicted molar refractivity (Wildman–Crippen MR) is 112 cm³/mol. The maximum Gasteiger partial charge on any atom is 0.205 e. The minimum absolute atomic E-state index is 0.137. The van der Waals surface area contributed by atoms with Crippen molar-refractivity contribution in [3.05, 3.63) is 98.1 Å². The molecule has 5 heteroatoms. The number of hydrogen-bond donors (Lipinski definition) is 1. The van der Waals surface area contributed by atoms with E-state index in [4.69, 9.17) is 33.7 Å². The Kier molecular flexibility index (Phi) is 5.17. The van der Waals surface area contributed by atoms with Crippen LogP contribution in [-0.2, 0) is 4.74 Å². The third-order valence-electron chi connectivity index (χ3n) is 5.16. The largest absolute Gasteiger partial charge is 0.440 e. The van der Waals surface area contributed by atoms with Gasteiger partial charge in [0.1, 0.15) is 17.4 Å². The molecule has 1 atom stereocenters. The van der Waals surface area contributed by atoms with Gasteiger partial charge in [-0.1, -0.05) is 59.6 Å². The third-order valence-corrected chi connectivity index (χ3v) is 5.85. The summed E-state index contributed by atoms with van der Waals surface area (Å²) in [7, 11) is 0. The van der Waals surface area contributed by atoms with Crippen molar-refractivity contribution in [2.24, 2.45) is 5.73 Å². The summed E-state index contributed by atoms with van der Waals surface area (Å²) in [5, 5.41) is 11.0. The SMILES string of the molecule is N#CC1=C(N)OC2=C(CCC/C2=C\c2ccccc2Cl)[C@@H]1c1ccccc1Cl. The smallest absolute Gasteiger partial charge is 0.205 e. The first kappa shape index (κ1) is 18.7. The standard InChI is InChI=1S/C23H18Cl2N2O/c24-19-10-3-1-6-14(19)12-15-7-5-9-17-21(16-8-2-4-11-20(16)25)18(13-26)23(27)28-22(15)17/h1-4,6,8,10-12,21H,5,7,9,27H2/b15-12+/t21-/m0/s1. The van der Waals surface area contributed by atoms with Crippen molar-refractivity contribution in [1.82, 2.24) is 0 Å². The topological polar surface area (TPSA) is 59.0 Å². The molecule has 1 aliphatic carbocycles. The Morgan fingerprint density at radius 1 is 1.04 bits per heavy atom. The average molecular weight is 409 g/mol. The molecule has 4 rings (SSSR count). The molecule has 2 N–H and O–H groups in total. The summed E-state index contributed by atoms with van der Waals surface area (Å²) in [6.07, 6.45) is 4.68. The highest BCUT2D eigenvalue weighted by Crippen LogP contribution is 2.48. The lowest BCUT2D eigenvalue weighted by atomic mass is 9.77. The van der Waals surface area contributed by atoms with Crippen molar-refractivity contribution in [2.45, 2.75) is 25.2 Å². The molecule has 2 aromatic carbocycles. The molecular formula is C23H18Cl2N2O. The van der Waals surface area contributed by atoms with E-state index in [0.29, 0.717) is 15.6 Å². The Balaban J connectivity index is 1.88. The number of nitrogens with two attached hydrogens (primary N) is 1. The normalized spacial score (nSPS) is 20.6. The molecule has 0 bridgehead atoms. The van der Waals surface area contributed by atoms with Crippen LogP contribution in [0.2, 0.25) is 10.0 Å². The van der Waals surface area contributed by atoms with Crippen molar-refractivity contribution in [1.29, 1.82) is 5.26 Å². The van der Waals surface area contributed by atoms with Gasteiger partial charge in [-0.2, -0.15) is 5.26 Å². The quantitative estimate of drug-likeness (QED) is 0.631. The highest BCUT2D eigenvalue weighted by molar-refractivity contribution is 6.32. The molecule has 0 spiro atoms. The second kappa shape index (κ2) is 7.75. The zero-order valence-corrected chi connectivity index (χ0v) is 16.6. The summed E-state index contributed by atoms with van der Waals surface area (Å²) >= 11 is 12.8. The van der Waals surface area contributed by atoms with E-state index in [1.807, 2.05) is 54.6 Å². The predicted octanol–water partition coefficient (Wildman–Crippen LogP) is 6.32. The van der Waals surface area contributed by atoms with Gasteiger partial charge >= 0.3 is 0 Å². The molecule has 0 aromatic heterocycles. The van der Waals surface area contributed by atoms with E-state index >= 15 is 0 Å². The Labute approximate surface area is 174 Å². The molecule has 3 nitrogen and oxygen atoms in total. The van der Waals surface area contributed by atoms with Gasteiger partial charge in [0, 0.05) is 10.0 Å². The van der Waals surface area contributed by atoms with Crippen LogP contribution in [0.5, 0.6) is 0 Å². The minimum Gasteiger partial charge on any atom is -0.440 e. The molecule has 2 aromatic rings. The van der Waals surface area contributed by atoms with Crippen molar-refractivity contribution < 1.29 is 4.74 Å². The molecule has 2 aliphatic rings. The average Bonchev–Trinajstić information content (AvgIpc) is 2.70. The molecular weight excluding hydrogens is 391 g/mol. The highest BCUT2D eigenvalue weighted by atomic mass is 35.5. The van der Waals surface area contributed by atoms with Gasteiger partial charge in [0.05, 0.1) is 5.92 Å². The highest BCUT2D eigenvalue weighted by Gasteiger charge is 2.36. The van der Waals surface area contributed by atoms with E-state index in [-0.39, 0.29) is 11.8 Å². The van der Waals surface area contributed by atoms with Gasteiger partial charge in [-0.25, -0.2) is 0 Å². The number of benzene rings is 2. The first-order valence-corrected chi connectivity index (χ1v) is 9.86. The van der Waals surface area contributed by atoms with Gasteiger partial charge < -0.3 is 10.5 Å². The van der Waals surface area contributed by atoms with Gasteiger partial charge in [0.25, 0.3) is 0 Å². The Morgan fingerprint density at radius 2 is 1.75 bits per heavy atom. The van der Waals surface area contributed by atoms with Crippen LogP contribution in [0.15, 0.2) is 76.9 Å². The molecule has 1 aliphatic heterocycles.